The number of likely N-dealkylation sites (tertiary alicyclic amines) is 1. The maximum absolute atomic E-state index is 12.9. The fraction of sp³-hybridized carbons (Fsp3) is 0.455. The topological polar surface area (TPSA) is 38.1 Å². The van der Waals surface area contributed by atoms with Crippen molar-refractivity contribution in [2.24, 2.45) is 7.05 Å². The summed E-state index contributed by atoms with van der Waals surface area (Å²) in [5, 5.41) is 4.06. The zero-order chi connectivity index (χ0) is 11.7. The maximum atomic E-state index is 12.9. The van der Waals surface area contributed by atoms with Gasteiger partial charge in [-0.05, 0) is 18.9 Å². The van der Waals surface area contributed by atoms with E-state index in [0.29, 0.717) is 6.54 Å². The average Bonchev–Trinajstić information content (AvgIpc) is 2.84. The molecule has 1 aliphatic heterocycles. The predicted molar refractivity (Wildman–Crippen MR) is 57.1 cm³/mol. The second-order valence-corrected chi connectivity index (χ2v) is 3.94. The van der Waals surface area contributed by atoms with Crippen LogP contribution in [0.1, 0.15) is 24.6 Å². The van der Waals surface area contributed by atoms with E-state index in [1.165, 1.54) is 4.90 Å². The first kappa shape index (κ1) is 10.9. The zero-order valence-corrected chi connectivity index (χ0v) is 9.19. The number of aromatic nitrogens is 2. The number of nitrogens with zero attached hydrogens (tertiary/aromatic N) is 3. The van der Waals surface area contributed by atoms with Crippen molar-refractivity contribution in [3.8, 4) is 0 Å². The van der Waals surface area contributed by atoms with Crippen molar-refractivity contribution < 1.29 is 9.18 Å². The van der Waals surface area contributed by atoms with Crippen LogP contribution in [0.2, 0.25) is 0 Å². The second-order valence-electron chi connectivity index (χ2n) is 3.94. The molecule has 4 nitrogen and oxygen atoms in total. The second kappa shape index (κ2) is 4.08. The van der Waals surface area contributed by atoms with Crippen molar-refractivity contribution in [2.75, 3.05) is 6.54 Å². The average molecular weight is 223 g/mol. The Labute approximate surface area is 93.3 Å². The van der Waals surface area contributed by atoms with Gasteiger partial charge in [0.1, 0.15) is 0 Å². The number of hydrogen-bond donors (Lipinski definition) is 0. The third-order valence-corrected chi connectivity index (χ3v) is 2.95. The van der Waals surface area contributed by atoms with Crippen molar-refractivity contribution in [1.82, 2.24) is 14.7 Å². The summed E-state index contributed by atoms with van der Waals surface area (Å²) in [5.41, 5.74) is 0.937. The highest BCUT2D eigenvalue weighted by molar-refractivity contribution is 5.91. The molecule has 0 saturated carbocycles. The Morgan fingerprint density at radius 1 is 1.69 bits per heavy atom. The van der Waals surface area contributed by atoms with E-state index in [1.54, 1.807) is 10.9 Å². The summed E-state index contributed by atoms with van der Waals surface area (Å²) in [6.45, 7) is 3.64. The smallest absolute Gasteiger partial charge is 0.282 e. The molecule has 1 saturated heterocycles. The molecular weight excluding hydrogens is 209 g/mol. The molecule has 0 radical (unpaired) electrons. The summed E-state index contributed by atoms with van der Waals surface area (Å²) >= 11 is 0. The minimum Gasteiger partial charge on any atom is -0.328 e. The molecule has 0 bridgehead atoms. The van der Waals surface area contributed by atoms with Crippen molar-refractivity contribution in [2.45, 2.75) is 18.9 Å². The lowest BCUT2D eigenvalue weighted by Crippen LogP contribution is -2.31. The Kier molecular flexibility index (Phi) is 2.77. The molecule has 0 aliphatic carbocycles. The number of amides is 1. The van der Waals surface area contributed by atoms with E-state index in [1.807, 2.05) is 13.1 Å². The van der Waals surface area contributed by atoms with Gasteiger partial charge in [0.05, 0.1) is 11.7 Å². The number of halogens is 1. The van der Waals surface area contributed by atoms with E-state index in [0.717, 1.165) is 18.5 Å². The quantitative estimate of drug-likeness (QED) is 0.714. The largest absolute Gasteiger partial charge is 0.328 e. The first-order valence-electron chi connectivity index (χ1n) is 5.24. The molecule has 0 spiro atoms. The molecule has 1 aromatic rings. The van der Waals surface area contributed by atoms with Crippen LogP contribution in [0, 0.1) is 0 Å². The van der Waals surface area contributed by atoms with Crippen LogP contribution in [0.3, 0.4) is 0 Å². The zero-order valence-electron chi connectivity index (χ0n) is 9.19. The van der Waals surface area contributed by atoms with Crippen LogP contribution in [0.4, 0.5) is 4.39 Å². The van der Waals surface area contributed by atoms with Crippen molar-refractivity contribution in [3.63, 3.8) is 0 Å². The molecule has 2 rings (SSSR count). The van der Waals surface area contributed by atoms with Gasteiger partial charge in [0.15, 0.2) is 5.83 Å². The number of aryl methyl sites for hydroxylation is 1. The molecule has 1 unspecified atom stereocenters. The van der Waals surface area contributed by atoms with Gasteiger partial charge in [-0.15, -0.1) is 0 Å². The molecular formula is C11H14FN3O. The fourth-order valence-corrected chi connectivity index (χ4v) is 2.18. The molecule has 1 fully saturated rings. The Balaban J connectivity index is 2.25. The molecule has 0 N–H and O–H groups in total. The highest BCUT2D eigenvalue weighted by Gasteiger charge is 2.32. The summed E-state index contributed by atoms with van der Waals surface area (Å²) in [6.07, 6.45) is 3.41. The highest BCUT2D eigenvalue weighted by atomic mass is 19.1. The van der Waals surface area contributed by atoms with E-state index >= 15 is 0 Å². The Hall–Kier alpha value is -1.65. The molecule has 1 aliphatic rings. The van der Waals surface area contributed by atoms with Crippen LogP contribution < -0.4 is 0 Å². The Morgan fingerprint density at radius 2 is 2.44 bits per heavy atom. The highest BCUT2D eigenvalue weighted by Crippen LogP contribution is 2.32. The van der Waals surface area contributed by atoms with Crippen LogP contribution in [-0.4, -0.2) is 27.1 Å². The maximum Gasteiger partial charge on any atom is 0.282 e. The summed E-state index contributed by atoms with van der Waals surface area (Å²) < 4.78 is 14.6. The van der Waals surface area contributed by atoms with E-state index in [4.69, 9.17) is 0 Å². The molecule has 5 heteroatoms. The van der Waals surface area contributed by atoms with Crippen LogP contribution in [-0.2, 0) is 11.8 Å². The van der Waals surface area contributed by atoms with Gasteiger partial charge in [-0.3, -0.25) is 9.48 Å². The third kappa shape index (κ3) is 1.73. The van der Waals surface area contributed by atoms with E-state index in [-0.39, 0.29) is 6.04 Å². The van der Waals surface area contributed by atoms with Crippen molar-refractivity contribution in [3.05, 3.63) is 30.4 Å². The number of rotatable bonds is 2. The van der Waals surface area contributed by atoms with Gasteiger partial charge in [0.25, 0.3) is 5.91 Å². The third-order valence-electron chi connectivity index (χ3n) is 2.95. The van der Waals surface area contributed by atoms with Gasteiger partial charge in [-0.1, -0.05) is 6.58 Å². The van der Waals surface area contributed by atoms with Gasteiger partial charge in [-0.2, -0.15) is 5.10 Å². The lowest BCUT2D eigenvalue weighted by Gasteiger charge is -2.23. The first-order chi connectivity index (χ1) is 7.61. The predicted octanol–water partition coefficient (Wildman–Crippen LogP) is 1.57. The van der Waals surface area contributed by atoms with Crippen molar-refractivity contribution in [1.29, 1.82) is 0 Å². The summed E-state index contributed by atoms with van der Waals surface area (Å²) in [6, 6.07) is 1.78. The molecule has 2 heterocycles. The standard InChI is InChI=1S/C11H14FN3O/c1-8(12)11(16)15-7-3-4-10(15)9-5-6-13-14(9)2/h5-6,10H,1,3-4,7H2,2H3. The molecule has 0 aromatic carbocycles. The van der Waals surface area contributed by atoms with Crippen LogP contribution in [0.15, 0.2) is 24.7 Å². The Bertz CT molecular complexity index is 427. The van der Waals surface area contributed by atoms with Gasteiger partial charge in [0.2, 0.25) is 0 Å². The molecule has 1 atom stereocenters. The number of hydrogen-bond acceptors (Lipinski definition) is 2. The van der Waals surface area contributed by atoms with E-state index < -0.39 is 11.7 Å². The van der Waals surface area contributed by atoms with Crippen LogP contribution >= 0.6 is 0 Å². The summed E-state index contributed by atoms with van der Waals surface area (Å²) in [4.78, 5) is 13.1. The SMILES string of the molecule is C=C(F)C(=O)N1CCCC1c1ccnn1C. The minimum atomic E-state index is -0.894. The first-order valence-corrected chi connectivity index (χ1v) is 5.24. The monoisotopic (exact) mass is 223 g/mol. The van der Waals surface area contributed by atoms with E-state index in [9.17, 15) is 9.18 Å². The number of carbonyl (C=O) groups is 1. The van der Waals surface area contributed by atoms with Gasteiger partial charge >= 0.3 is 0 Å². The lowest BCUT2D eigenvalue weighted by molar-refractivity contribution is -0.129. The lowest BCUT2D eigenvalue weighted by atomic mass is 10.1. The molecule has 86 valence electrons. The molecule has 16 heavy (non-hydrogen) atoms. The van der Waals surface area contributed by atoms with Crippen LogP contribution in [0.25, 0.3) is 0 Å². The molecule has 1 aromatic heterocycles. The summed E-state index contributed by atoms with van der Waals surface area (Å²) in [5.74, 6) is -1.50. The number of carbonyl (C=O) groups excluding carboxylic acids is 1. The minimum absolute atomic E-state index is 0.0764. The van der Waals surface area contributed by atoms with Gasteiger partial charge in [-0.25, -0.2) is 4.39 Å². The van der Waals surface area contributed by atoms with E-state index in [2.05, 4.69) is 11.7 Å². The van der Waals surface area contributed by atoms with Crippen molar-refractivity contribution >= 4 is 5.91 Å². The van der Waals surface area contributed by atoms with Crippen LogP contribution in [0.5, 0.6) is 0 Å². The Morgan fingerprint density at radius 3 is 3.00 bits per heavy atom. The fourth-order valence-electron chi connectivity index (χ4n) is 2.18. The summed E-state index contributed by atoms with van der Waals surface area (Å²) in [7, 11) is 1.82. The van der Waals surface area contributed by atoms with Gasteiger partial charge in [0, 0.05) is 19.8 Å². The molecule has 1 amide bonds. The van der Waals surface area contributed by atoms with Gasteiger partial charge < -0.3 is 4.90 Å². The normalized spacial score (nSPS) is 20.1.